The molecule has 2 aromatic carbocycles. The molecule has 4 saturated carbocycles. The highest BCUT2D eigenvalue weighted by molar-refractivity contribution is 7.88. The molecule has 5 atom stereocenters. The number of hydrogen-bond acceptors (Lipinski definition) is 7. The number of ether oxygens (including phenoxy) is 1. The third kappa shape index (κ3) is 5.36. The molecule has 0 radical (unpaired) electrons. The summed E-state index contributed by atoms with van der Waals surface area (Å²) >= 11 is 0. The number of urea groups is 1. The van der Waals surface area contributed by atoms with Crippen LogP contribution in [0, 0.1) is 17.8 Å². The van der Waals surface area contributed by atoms with Gasteiger partial charge in [0.15, 0.2) is 0 Å². The number of amides is 3. The van der Waals surface area contributed by atoms with Crippen molar-refractivity contribution in [3.8, 4) is 0 Å². The van der Waals surface area contributed by atoms with Crippen molar-refractivity contribution in [3.63, 3.8) is 0 Å². The molecule has 3 amide bonds. The number of benzene rings is 2. The number of fused-ring (bicyclic) bond motifs is 1. The highest BCUT2D eigenvalue weighted by atomic mass is 32.2. The summed E-state index contributed by atoms with van der Waals surface area (Å²) < 4.78 is 30.2. The molecule has 236 valence electrons. The standard InChI is InChI=1S/C32H42N6O5S/c1-43-31(40)34-32-19-22-17-23(20-32)29(24(18-22)21-32)33-30(39)38-16-15-37(27-5-3-4-6-28(27)38)26-9-7-25(8-10-26)35-11-13-36(14-12-35)44(2,41)42/h3-10,22-24,29H,11-21H2,1-2H3,(H,33,39)(H,34,40)/t22?,23-,24?,29-,32-/m0/s1. The normalized spacial score (nSPS) is 29.7. The van der Waals surface area contributed by atoms with Crippen LogP contribution in [0.15, 0.2) is 48.5 Å². The molecule has 6 aliphatic rings. The molecule has 4 bridgehead atoms. The number of anilines is 4. The summed E-state index contributed by atoms with van der Waals surface area (Å²) in [6.45, 7) is 3.54. The molecule has 2 N–H and O–H groups in total. The topological polar surface area (TPSA) is 115 Å². The van der Waals surface area contributed by atoms with E-state index in [1.54, 1.807) is 0 Å². The summed E-state index contributed by atoms with van der Waals surface area (Å²) in [4.78, 5) is 32.3. The Hall–Kier alpha value is -3.51. The number of methoxy groups -OCH3 is 1. The fraction of sp³-hybridized carbons (Fsp3) is 0.562. The van der Waals surface area contributed by atoms with Crippen molar-refractivity contribution >= 4 is 44.9 Å². The predicted molar refractivity (Wildman–Crippen MR) is 170 cm³/mol. The molecule has 1 saturated heterocycles. The summed E-state index contributed by atoms with van der Waals surface area (Å²) in [6.07, 6.45) is 5.88. The number of nitrogens with zero attached hydrogens (tertiary/aromatic N) is 4. The number of para-hydroxylation sites is 2. The smallest absolute Gasteiger partial charge is 0.407 e. The zero-order chi connectivity index (χ0) is 30.6. The maximum atomic E-state index is 13.9. The molecular formula is C32H42N6O5S. The summed E-state index contributed by atoms with van der Waals surface area (Å²) in [5.74, 6) is 1.30. The monoisotopic (exact) mass is 622 g/mol. The minimum Gasteiger partial charge on any atom is -0.453 e. The molecule has 11 nitrogen and oxygen atoms in total. The first-order valence-corrected chi connectivity index (χ1v) is 17.6. The SMILES string of the molecule is COC(=O)N[C@]12CC3CC(C1)[C@@H](NC(=O)N1CCN(c4ccc(N5CCN(S(C)(=O)=O)CC5)cc4)c4ccccc41)[C@@H](C3)C2. The van der Waals surface area contributed by atoms with Crippen LogP contribution in [0.5, 0.6) is 0 Å². The Labute approximate surface area is 259 Å². The molecule has 2 aromatic rings. The van der Waals surface area contributed by atoms with Gasteiger partial charge in [-0.15, -0.1) is 0 Å². The number of alkyl carbamates (subject to hydrolysis) is 1. The van der Waals surface area contributed by atoms with Gasteiger partial charge in [-0.1, -0.05) is 12.1 Å². The Balaban J connectivity index is 1.03. The summed E-state index contributed by atoms with van der Waals surface area (Å²) in [5, 5.41) is 6.60. The average Bonchev–Trinajstić information content (AvgIpc) is 3.01. The zero-order valence-electron chi connectivity index (χ0n) is 25.4. The van der Waals surface area contributed by atoms with E-state index in [2.05, 4.69) is 50.8 Å². The van der Waals surface area contributed by atoms with Crippen molar-refractivity contribution in [1.82, 2.24) is 14.9 Å². The fourth-order valence-corrected chi connectivity index (χ4v) is 9.69. The van der Waals surface area contributed by atoms with E-state index in [0.717, 1.165) is 54.9 Å². The largest absolute Gasteiger partial charge is 0.453 e. The maximum Gasteiger partial charge on any atom is 0.407 e. The second-order valence-electron chi connectivity index (χ2n) is 13.3. The van der Waals surface area contributed by atoms with E-state index in [0.29, 0.717) is 57.0 Å². The molecule has 0 aromatic heterocycles. The molecule has 2 unspecified atom stereocenters. The maximum absolute atomic E-state index is 13.9. The number of carbonyl (C=O) groups is 2. The molecule has 4 aliphatic carbocycles. The van der Waals surface area contributed by atoms with Crippen molar-refractivity contribution < 1.29 is 22.7 Å². The van der Waals surface area contributed by atoms with Gasteiger partial charge in [0.1, 0.15) is 0 Å². The van der Waals surface area contributed by atoms with Crippen LogP contribution in [0.25, 0.3) is 0 Å². The second-order valence-corrected chi connectivity index (χ2v) is 15.3. The molecule has 0 spiro atoms. The summed E-state index contributed by atoms with van der Waals surface area (Å²) in [7, 11) is -1.75. The van der Waals surface area contributed by atoms with Crippen molar-refractivity contribution in [2.75, 3.05) is 67.3 Å². The number of hydrogen-bond donors (Lipinski definition) is 2. The third-order valence-corrected chi connectivity index (χ3v) is 11.9. The van der Waals surface area contributed by atoms with Gasteiger partial charge >= 0.3 is 12.1 Å². The Bertz CT molecular complexity index is 1510. The van der Waals surface area contributed by atoms with Crippen LogP contribution in [-0.2, 0) is 14.8 Å². The summed E-state index contributed by atoms with van der Waals surface area (Å²) in [6, 6.07) is 16.6. The predicted octanol–water partition coefficient (Wildman–Crippen LogP) is 3.74. The van der Waals surface area contributed by atoms with E-state index in [1.165, 1.54) is 17.7 Å². The minimum atomic E-state index is -3.16. The fourth-order valence-electron chi connectivity index (χ4n) is 8.86. The molecule has 8 rings (SSSR count). The lowest BCUT2D eigenvalue weighted by molar-refractivity contribution is -0.0407. The van der Waals surface area contributed by atoms with Gasteiger partial charge in [0.25, 0.3) is 0 Å². The molecule has 2 aliphatic heterocycles. The minimum absolute atomic E-state index is 0.0480. The average molecular weight is 623 g/mol. The van der Waals surface area contributed by atoms with Gasteiger partial charge in [0.05, 0.1) is 24.7 Å². The van der Waals surface area contributed by atoms with E-state index in [1.807, 2.05) is 23.1 Å². The first-order chi connectivity index (χ1) is 21.1. The highest BCUT2D eigenvalue weighted by Gasteiger charge is 2.56. The number of sulfonamides is 1. The van der Waals surface area contributed by atoms with Crippen molar-refractivity contribution in [2.24, 2.45) is 17.8 Å². The number of piperazine rings is 1. The number of nitrogens with one attached hydrogen (secondary N) is 2. The molecule has 2 heterocycles. The highest BCUT2D eigenvalue weighted by Crippen LogP contribution is 2.56. The van der Waals surface area contributed by atoms with E-state index >= 15 is 0 Å². The van der Waals surface area contributed by atoms with Gasteiger partial charge in [-0.2, -0.15) is 4.31 Å². The Morgan fingerprint density at radius 1 is 0.841 bits per heavy atom. The quantitative estimate of drug-likeness (QED) is 0.522. The van der Waals surface area contributed by atoms with E-state index in [-0.39, 0.29) is 23.7 Å². The number of carbonyl (C=O) groups excluding carboxylic acids is 2. The van der Waals surface area contributed by atoms with E-state index in [9.17, 15) is 18.0 Å². The molecule has 5 fully saturated rings. The zero-order valence-corrected chi connectivity index (χ0v) is 26.3. The number of rotatable bonds is 5. The van der Waals surface area contributed by atoms with E-state index in [4.69, 9.17) is 4.74 Å². The van der Waals surface area contributed by atoms with Gasteiger partial charge in [0, 0.05) is 62.2 Å². The second kappa shape index (κ2) is 11.1. The Morgan fingerprint density at radius 2 is 1.48 bits per heavy atom. The van der Waals surface area contributed by atoms with Crippen LogP contribution in [-0.4, -0.2) is 89.1 Å². The van der Waals surface area contributed by atoms with Gasteiger partial charge in [-0.25, -0.2) is 18.0 Å². The van der Waals surface area contributed by atoms with Crippen molar-refractivity contribution in [3.05, 3.63) is 48.5 Å². The van der Waals surface area contributed by atoms with Crippen LogP contribution >= 0.6 is 0 Å². The first-order valence-electron chi connectivity index (χ1n) is 15.7. The third-order valence-electron chi connectivity index (χ3n) is 10.6. The molecular weight excluding hydrogens is 580 g/mol. The van der Waals surface area contributed by atoms with Crippen molar-refractivity contribution in [1.29, 1.82) is 0 Å². The van der Waals surface area contributed by atoms with Gasteiger partial charge in [-0.3, -0.25) is 4.90 Å². The van der Waals surface area contributed by atoms with Gasteiger partial charge in [0.2, 0.25) is 10.0 Å². The Kier molecular flexibility index (Phi) is 7.39. The van der Waals surface area contributed by atoms with Gasteiger partial charge < -0.3 is 25.2 Å². The van der Waals surface area contributed by atoms with Crippen molar-refractivity contribution in [2.45, 2.75) is 43.7 Å². The van der Waals surface area contributed by atoms with Crippen LogP contribution in [0.2, 0.25) is 0 Å². The lowest BCUT2D eigenvalue weighted by Crippen LogP contribution is -2.67. The van der Waals surface area contributed by atoms with Crippen LogP contribution < -0.4 is 25.3 Å². The van der Waals surface area contributed by atoms with E-state index < -0.39 is 10.0 Å². The van der Waals surface area contributed by atoms with Crippen LogP contribution in [0.3, 0.4) is 0 Å². The summed E-state index contributed by atoms with van der Waals surface area (Å²) in [5.41, 5.74) is 3.82. The molecule has 44 heavy (non-hydrogen) atoms. The molecule has 12 heteroatoms. The lowest BCUT2D eigenvalue weighted by Gasteiger charge is -2.60. The Morgan fingerprint density at radius 3 is 2.11 bits per heavy atom. The van der Waals surface area contributed by atoms with Crippen LogP contribution in [0.4, 0.5) is 32.3 Å². The van der Waals surface area contributed by atoms with Gasteiger partial charge in [-0.05, 0) is 86.3 Å². The first kappa shape index (κ1) is 29.2. The lowest BCUT2D eigenvalue weighted by atomic mass is 9.51. The van der Waals surface area contributed by atoms with Crippen LogP contribution in [0.1, 0.15) is 32.1 Å².